The number of carbonyl (C=O) groups is 3. The molecule has 2 aromatic rings. The maximum Gasteiger partial charge on any atom is 0.338 e. The first kappa shape index (κ1) is 21.1. The van der Waals surface area contributed by atoms with Gasteiger partial charge in [0.1, 0.15) is 0 Å². The average molecular weight is 435 g/mol. The highest BCUT2D eigenvalue weighted by atomic mass is 35.5. The summed E-state index contributed by atoms with van der Waals surface area (Å²) in [7, 11) is 0. The molecule has 1 unspecified atom stereocenters. The first-order valence-electron chi connectivity index (χ1n) is 9.17. The Kier molecular flexibility index (Phi) is 6.77. The van der Waals surface area contributed by atoms with Crippen LogP contribution in [0.1, 0.15) is 35.7 Å². The highest BCUT2D eigenvalue weighted by Gasteiger charge is 2.22. The molecule has 1 aliphatic rings. The molecular formula is C21H20Cl2N2O4. The minimum absolute atomic E-state index is 0.114. The van der Waals surface area contributed by atoms with Crippen molar-refractivity contribution in [3.8, 4) is 0 Å². The Bertz CT molecular complexity index is 948. The van der Waals surface area contributed by atoms with Gasteiger partial charge in [-0.25, -0.2) is 4.79 Å². The van der Waals surface area contributed by atoms with Gasteiger partial charge >= 0.3 is 5.97 Å². The summed E-state index contributed by atoms with van der Waals surface area (Å²) < 4.78 is 5.28. The highest BCUT2D eigenvalue weighted by molar-refractivity contribution is 6.44. The Morgan fingerprint density at radius 3 is 2.69 bits per heavy atom. The van der Waals surface area contributed by atoms with Crippen molar-refractivity contribution in [3.05, 3.63) is 63.6 Å². The van der Waals surface area contributed by atoms with E-state index in [1.807, 2.05) is 6.07 Å². The van der Waals surface area contributed by atoms with Crippen LogP contribution in [0.2, 0.25) is 10.0 Å². The number of hydrogen-bond acceptors (Lipinski definition) is 4. The number of nitrogens with zero attached hydrogens (tertiary/aromatic N) is 1. The SMILES string of the molecule is CC(OC(=O)c1cccc(CN2CCCC2=O)c1)C(=O)Nc1cccc(Cl)c1Cl. The van der Waals surface area contributed by atoms with Gasteiger partial charge < -0.3 is 15.0 Å². The second kappa shape index (κ2) is 9.29. The summed E-state index contributed by atoms with van der Waals surface area (Å²) in [4.78, 5) is 38.3. The van der Waals surface area contributed by atoms with Crippen molar-refractivity contribution in [2.24, 2.45) is 0 Å². The van der Waals surface area contributed by atoms with Crippen molar-refractivity contribution in [2.75, 3.05) is 11.9 Å². The van der Waals surface area contributed by atoms with Crippen LogP contribution in [0.4, 0.5) is 5.69 Å². The summed E-state index contributed by atoms with van der Waals surface area (Å²) in [5.74, 6) is -1.04. The first-order chi connectivity index (χ1) is 13.8. The monoisotopic (exact) mass is 434 g/mol. The molecule has 8 heteroatoms. The number of halogens is 2. The third kappa shape index (κ3) is 5.28. The summed E-state index contributed by atoms with van der Waals surface area (Å²) in [6.07, 6.45) is 0.371. The lowest BCUT2D eigenvalue weighted by Gasteiger charge is -2.17. The third-order valence-electron chi connectivity index (χ3n) is 4.57. The second-order valence-corrected chi connectivity index (χ2v) is 7.54. The maximum absolute atomic E-state index is 12.5. The van der Waals surface area contributed by atoms with E-state index in [2.05, 4.69) is 5.32 Å². The largest absolute Gasteiger partial charge is 0.449 e. The summed E-state index contributed by atoms with van der Waals surface area (Å²) in [5.41, 5.74) is 1.48. The molecule has 1 N–H and O–H groups in total. The van der Waals surface area contributed by atoms with Crippen molar-refractivity contribution in [2.45, 2.75) is 32.4 Å². The van der Waals surface area contributed by atoms with Gasteiger partial charge in [-0.3, -0.25) is 9.59 Å². The van der Waals surface area contributed by atoms with Crippen LogP contribution in [0.15, 0.2) is 42.5 Å². The fraction of sp³-hybridized carbons (Fsp3) is 0.286. The van der Waals surface area contributed by atoms with Gasteiger partial charge in [-0.1, -0.05) is 41.4 Å². The van der Waals surface area contributed by atoms with Gasteiger partial charge in [0.2, 0.25) is 5.91 Å². The second-order valence-electron chi connectivity index (χ2n) is 6.76. The lowest BCUT2D eigenvalue weighted by molar-refractivity contribution is -0.128. The van der Waals surface area contributed by atoms with Crippen LogP contribution in [-0.2, 0) is 20.9 Å². The van der Waals surface area contributed by atoms with Crippen molar-refractivity contribution in [1.82, 2.24) is 4.90 Å². The van der Waals surface area contributed by atoms with E-state index < -0.39 is 18.0 Å². The number of benzene rings is 2. The van der Waals surface area contributed by atoms with Gasteiger partial charge in [0.25, 0.3) is 5.91 Å². The quantitative estimate of drug-likeness (QED) is 0.687. The molecule has 0 saturated carbocycles. The van der Waals surface area contributed by atoms with Crippen LogP contribution in [0.5, 0.6) is 0 Å². The van der Waals surface area contributed by atoms with E-state index in [-0.39, 0.29) is 10.9 Å². The third-order valence-corrected chi connectivity index (χ3v) is 5.39. The molecule has 29 heavy (non-hydrogen) atoms. The van der Waals surface area contributed by atoms with Crippen molar-refractivity contribution in [1.29, 1.82) is 0 Å². The summed E-state index contributed by atoms with van der Waals surface area (Å²) >= 11 is 12.0. The first-order valence-corrected chi connectivity index (χ1v) is 9.93. The molecule has 152 valence electrons. The molecule has 0 bridgehead atoms. The molecule has 6 nitrogen and oxygen atoms in total. The maximum atomic E-state index is 12.5. The predicted octanol–water partition coefficient (Wildman–Crippen LogP) is 4.30. The molecular weight excluding hydrogens is 415 g/mol. The zero-order valence-corrected chi connectivity index (χ0v) is 17.3. The molecule has 2 amide bonds. The Hall–Kier alpha value is -2.57. The van der Waals surface area contributed by atoms with Crippen LogP contribution in [0, 0.1) is 0 Å². The number of nitrogens with one attached hydrogen (secondary N) is 1. The fourth-order valence-electron chi connectivity index (χ4n) is 3.01. The zero-order valence-electron chi connectivity index (χ0n) is 15.8. The lowest BCUT2D eigenvalue weighted by atomic mass is 10.1. The van der Waals surface area contributed by atoms with Gasteiger partial charge in [-0.2, -0.15) is 0 Å². The van der Waals surface area contributed by atoms with Crippen molar-refractivity contribution < 1.29 is 19.1 Å². The molecule has 1 atom stereocenters. The Morgan fingerprint density at radius 2 is 1.97 bits per heavy atom. The molecule has 1 heterocycles. The minimum Gasteiger partial charge on any atom is -0.449 e. The molecule has 1 saturated heterocycles. The highest BCUT2D eigenvalue weighted by Crippen LogP contribution is 2.29. The summed E-state index contributed by atoms with van der Waals surface area (Å²) in [6, 6.07) is 11.7. The minimum atomic E-state index is -1.04. The average Bonchev–Trinajstić information content (AvgIpc) is 3.10. The van der Waals surface area contributed by atoms with Crippen LogP contribution < -0.4 is 5.32 Å². The topological polar surface area (TPSA) is 75.7 Å². The summed E-state index contributed by atoms with van der Waals surface area (Å²) in [6.45, 7) is 2.64. The van der Waals surface area contributed by atoms with E-state index in [0.29, 0.717) is 29.2 Å². The van der Waals surface area contributed by atoms with Gasteiger partial charge in [-0.15, -0.1) is 0 Å². The number of hydrogen-bond donors (Lipinski definition) is 1. The summed E-state index contributed by atoms with van der Waals surface area (Å²) in [5, 5.41) is 3.12. The van der Waals surface area contributed by atoms with Crippen LogP contribution in [0.25, 0.3) is 0 Å². The molecule has 0 radical (unpaired) electrons. The van der Waals surface area contributed by atoms with Gasteiger partial charge in [0, 0.05) is 19.5 Å². The standard InChI is InChI=1S/C21H20Cl2N2O4/c1-13(20(27)24-17-8-3-7-16(22)19(17)23)29-21(28)15-6-2-5-14(11-15)12-25-10-4-9-18(25)26/h2-3,5-8,11,13H,4,9-10,12H2,1H3,(H,24,27). The normalized spacial score (nSPS) is 14.6. The molecule has 1 fully saturated rings. The molecule has 2 aromatic carbocycles. The van der Waals surface area contributed by atoms with E-state index in [4.69, 9.17) is 27.9 Å². The van der Waals surface area contributed by atoms with Gasteiger partial charge in [0.05, 0.1) is 21.3 Å². The van der Waals surface area contributed by atoms with E-state index in [9.17, 15) is 14.4 Å². The fourth-order valence-corrected chi connectivity index (χ4v) is 3.35. The van der Waals surface area contributed by atoms with Crippen molar-refractivity contribution in [3.63, 3.8) is 0 Å². The number of rotatable bonds is 6. The molecule has 0 aromatic heterocycles. The number of carbonyl (C=O) groups excluding carboxylic acids is 3. The number of anilines is 1. The molecule has 0 spiro atoms. The van der Waals surface area contributed by atoms with E-state index >= 15 is 0 Å². The van der Waals surface area contributed by atoms with E-state index in [0.717, 1.165) is 18.5 Å². The number of ether oxygens (including phenoxy) is 1. The van der Waals surface area contributed by atoms with Crippen LogP contribution in [-0.4, -0.2) is 35.3 Å². The van der Waals surface area contributed by atoms with Gasteiger partial charge in [-0.05, 0) is 43.2 Å². The number of amides is 2. The van der Waals surface area contributed by atoms with E-state index in [1.54, 1.807) is 41.3 Å². The Balaban J connectivity index is 1.61. The van der Waals surface area contributed by atoms with E-state index in [1.165, 1.54) is 6.92 Å². The van der Waals surface area contributed by atoms with Crippen LogP contribution >= 0.6 is 23.2 Å². The van der Waals surface area contributed by atoms with Crippen LogP contribution in [0.3, 0.4) is 0 Å². The van der Waals surface area contributed by atoms with Crippen molar-refractivity contribution >= 4 is 46.7 Å². The predicted molar refractivity (Wildman–Crippen MR) is 111 cm³/mol. The lowest BCUT2D eigenvalue weighted by Crippen LogP contribution is -2.30. The number of esters is 1. The Morgan fingerprint density at radius 1 is 1.21 bits per heavy atom. The molecule has 0 aliphatic carbocycles. The molecule has 3 rings (SSSR count). The molecule has 1 aliphatic heterocycles. The smallest absolute Gasteiger partial charge is 0.338 e. The van der Waals surface area contributed by atoms with Gasteiger partial charge in [0.15, 0.2) is 6.10 Å². The number of likely N-dealkylation sites (tertiary alicyclic amines) is 1. The Labute approximate surface area is 178 Å². The zero-order chi connectivity index (χ0) is 21.0.